The number of amides is 1. The predicted molar refractivity (Wildman–Crippen MR) is 79.1 cm³/mol. The highest BCUT2D eigenvalue weighted by atomic mass is 16.5. The van der Waals surface area contributed by atoms with Gasteiger partial charge in [-0.3, -0.25) is 4.79 Å². The summed E-state index contributed by atoms with van der Waals surface area (Å²) in [5.41, 5.74) is 0.754. The first-order chi connectivity index (χ1) is 10.5. The second-order valence-corrected chi connectivity index (χ2v) is 4.70. The number of aliphatic hydroxyl groups is 1. The predicted octanol–water partition coefficient (Wildman–Crippen LogP) is 1.47. The van der Waals surface area contributed by atoms with Crippen molar-refractivity contribution in [3.8, 4) is 22.8 Å². The molecule has 0 radical (unpaired) electrons. The van der Waals surface area contributed by atoms with Crippen molar-refractivity contribution in [2.45, 2.75) is 13.0 Å². The van der Waals surface area contributed by atoms with Gasteiger partial charge in [0.25, 0.3) is 5.91 Å². The standard InChI is InChI=1S/C15H18N2O5/c1-9(18)8-16-15(19)12-7-14(22-17-12)11-6-10(20-2)4-5-13(11)21-3/h4-7,9,18H,8H2,1-3H3,(H,16,19)/t9-/m0/s1. The zero-order chi connectivity index (χ0) is 16.1. The minimum absolute atomic E-state index is 0.125. The van der Waals surface area contributed by atoms with Gasteiger partial charge < -0.3 is 24.4 Å². The number of nitrogens with zero attached hydrogens (tertiary/aromatic N) is 1. The molecule has 1 aromatic carbocycles. The fraction of sp³-hybridized carbons (Fsp3) is 0.333. The van der Waals surface area contributed by atoms with Crippen molar-refractivity contribution in [1.29, 1.82) is 0 Å². The van der Waals surface area contributed by atoms with Gasteiger partial charge in [-0.1, -0.05) is 5.16 Å². The average Bonchev–Trinajstić information content (AvgIpc) is 3.01. The molecule has 7 nitrogen and oxygen atoms in total. The van der Waals surface area contributed by atoms with Crippen LogP contribution in [0, 0.1) is 0 Å². The summed E-state index contributed by atoms with van der Waals surface area (Å²) >= 11 is 0. The SMILES string of the molecule is COc1ccc(OC)c(-c2cc(C(=O)NC[C@H](C)O)no2)c1. The van der Waals surface area contributed by atoms with Gasteiger partial charge >= 0.3 is 0 Å². The maximum absolute atomic E-state index is 11.9. The van der Waals surface area contributed by atoms with Gasteiger partial charge in [0.2, 0.25) is 0 Å². The van der Waals surface area contributed by atoms with Crippen molar-refractivity contribution >= 4 is 5.91 Å². The molecular weight excluding hydrogens is 288 g/mol. The van der Waals surface area contributed by atoms with Gasteiger partial charge in [0.05, 0.1) is 25.9 Å². The second-order valence-electron chi connectivity index (χ2n) is 4.70. The van der Waals surface area contributed by atoms with Gasteiger partial charge in [0.1, 0.15) is 11.5 Å². The molecule has 1 amide bonds. The van der Waals surface area contributed by atoms with Crippen LogP contribution in [0.1, 0.15) is 17.4 Å². The van der Waals surface area contributed by atoms with Crippen LogP contribution in [0.2, 0.25) is 0 Å². The number of aliphatic hydroxyl groups excluding tert-OH is 1. The summed E-state index contributed by atoms with van der Waals surface area (Å²) < 4.78 is 15.7. The lowest BCUT2D eigenvalue weighted by atomic mass is 10.1. The average molecular weight is 306 g/mol. The Labute approximate surface area is 127 Å². The molecule has 0 aliphatic heterocycles. The molecule has 0 spiro atoms. The molecular formula is C15H18N2O5. The van der Waals surface area contributed by atoms with E-state index in [-0.39, 0.29) is 12.2 Å². The largest absolute Gasteiger partial charge is 0.497 e. The number of ether oxygens (including phenoxy) is 2. The Morgan fingerprint density at radius 1 is 1.36 bits per heavy atom. The van der Waals surface area contributed by atoms with Crippen LogP contribution < -0.4 is 14.8 Å². The molecule has 2 rings (SSSR count). The molecule has 7 heteroatoms. The van der Waals surface area contributed by atoms with Crippen LogP contribution in [0.4, 0.5) is 0 Å². The highest BCUT2D eigenvalue weighted by Gasteiger charge is 2.17. The van der Waals surface area contributed by atoms with E-state index < -0.39 is 12.0 Å². The second kappa shape index (κ2) is 6.95. The molecule has 0 saturated carbocycles. The van der Waals surface area contributed by atoms with Gasteiger partial charge in [0.15, 0.2) is 11.5 Å². The van der Waals surface area contributed by atoms with Crippen molar-refractivity contribution in [3.05, 3.63) is 30.0 Å². The fourth-order valence-electron chi connectivity index (χ4n) is 1.85. The summed E-state index contributed by atoms with van der Waals surface area (Å²) in [5, 5.41) is 15.5. The van der Waals surface area contributed by atoms with E-state index in [1.807, 2.05) is 0 Å². The van der Waals surface area contributed by atoms with E-state index >= 15 is 0 Å². The minimum Gasteiger partial charge on any atom is -0.497 e. The number of carbonyl (C=O) groups excluding carboxylic acids is 1. The maximum atomic E-state index is 11.9. The molecule has 0 bridgehead atoms. The number of carbonyl (C=O) groups is 1. The smallest absolute Gasteiger partial charge is 0.273 e. The zero-order valence-electron chi connectivity index (χ0n) is 12.6. The molecule has 0 aliphatic carbocycles. The third kappa shape index (κ3) is 3.56. The van der Waals surface area contributed by atoms with Gasteiger partial charge in [-0.2, -0.15) is 0 Å². The minimum atomic E-state index is -0.631. The number of nitrogens with one attached hydrogen (secondary N) is 1. The number of aromatic nitrogens is 1. The van der Waals surface area contributed by atoms with E-state index in [1.54, 1.807) is 32.2 Å². The Bertz CT molecular complexity index is 651. The zero-order valence-corrected chi connectivity index (χ0v) is 12.6. The molecule has 0 aliphatic rings. The summed E-state index contributed by atoms with van der Waals surface area (Å²) in [5.74, 6) is 1.18. The van der Waals surface area contributed by atoms with Crippen molar-refractivity contribution in [2.75, 3.05) is 20.8 Å². The maximum Gasteiger partial charge on any atom is 0.273 e. The van der Waals surface area contributed by atoms with E-state index in [2.05, 4.69) is 10.5 Å². The van der Waals surface area contributed by atoms with Crippen molar-refractivity contribution in [2.24, 2.45) is 0 Å². The Kier molecular flexibility index (Phi) is 5.00. The van der Waals surface area contributed by atoms with Gasteiger partial charge in [-0.25, -0.2) is 0 Å². The van der Waals surface area contributed by atoms with Gasteiger partial charge in [-0.05, 0) is 25.1 Å². The van der Waals surface area contributed by atoms with Crippen LogP contribution in [0.5, 0.6) is 11.5 Å². The number of hydrogen-bond donors (Lipinski definition) is 2. The van der Waals surface area contributed by atoms with E-state index in [9.17, 15) is 4.79 Å². The summed E-state index contributed by atoms with van der Waals surface area (Å²) in [4.78, 5) is 11.9. The molecule has 22 heavy (non-hydrogen) atoms. The Hall–Kier alpha value is -2.54. The molecule has 1 atom stereocenters. The van der Waals surface area contributed by atoms with E-state index in [1.165, 1.54) is 13.2 Å². The van der Waals surface area contributed by atoms with Crippen LogP contribution in [-0.2, 0) is 0 Å². The van der Waals surface area contributed by atoms with Gasteiger partial charge in [-0.15, -0.1) is 0 Å². The third-order valence-corrected chi connectivity index (χ3v) is 2.97. The summed E-state index contributed by atoms with van der Waals surface area (Å²) in [6.45, 7) is 1.72. The first-order valence-corrected chi connectivity index (χ1v) is 6.70. The number of hydrogen-bond acceptors (Lipinski definition) is 6. The monoisotopic (exact) mass is 306 g/mol. The van der Waals surface area contributed by atoms with Gasteiger partial charge in [0, 0.05) is 12.6 Å². The lowest BCUT2D eigenvalue weighted by molar-refractivity contribution is 0.0915. The molecule has 2 aromatic rings. The molecule has 0 fully saturated rings. The highest BCUT2D eigenvalue weighted by Crippen LogP contribution is 2.33. The number of methoxy groups -OCH3 is 2. The summed E-state index contributed by atoms with van der Waals surface area (Å²) in [7, 11) is 3.10. The quantitative estimate of drug-likeness (QED) is 0.839. The van der Waals surface area contributed by atoms with Crippen LogP contribution >= 0.6 is 0 Å². The molecule has 1 heterocycles. The van der Waals surface area contributed by atoms with Crippen LogP contribution in [0.25, 0.3) is 11.3 Å². The molecule has 1 aromatic heterocycles. The number of benzene rings is 1. The van der Waals surface area contributed by atoms with Crippen LogP contribution in [-0.4, -0.2) is 43.0 Å². The van der Waals surface area contributed by atoms with E-state index in [0.29, 0.717) is 22.8 Å². The lowest BCUT2D eigenvalue weighted by Crippen LogP contribution is -2.30. The molecule has 2 N–H and O–H groups in total. The summed E-state index contributed by atoms with van der Waals surface area (Å²) in [6.07, 6.45) is -0.631. The first-order valence-electron chi connectivity index (χ1n) is 6.70. The van der Waals surface area contributed by atoms with E-state index in [0.717, 1.165) is 0 Å². The van der Waals surface area contributed by atoms with E-state index in [4.69, 9.17) is 19.1 Å². The fourth-order valence-corrected chi connectivity index (χ4v) is 1.85. The Morgan fingerprint density at radius 3 is 2.77 bits per heavy atom. The normalized spacial score (nSPS) is 11.8. The first kappa shape index (κ1) is 15.8. The Balaban J connectivity index is 2.26. The molecule has 0 unspecified atom stereocenters. The van der Waals surface area contributed by atoms with Crippen molar-refractivity contribution in [3.63, 3.8) is 0 Å². The Morgan fingerprint density at radius 2 is 2.14 bits per heavy atom. The highest BCUT2D eigenvalue weighted by molar-refractivity contribution is 5.93. The third-order valence-electron chi connectivity index (χ3n) is 2.97. The molecule has 0 saturated heterocycles. The topological polar surface area (TPSA) is 93.8 Å². The van der Waals surface area contributed by atoms with Crippen LogP contribution in [0.15, 0.2) is 28.8 Å². The summed E-state index contributed by atoms with van der Waals surface area (Å²) in [6, 6.07) is 6.74. The lowest BCUT2D eigenvalue weighted by Gasteiger charge is -2.07. The van der Waals surface area contributed by atoms with Crippen molar-refractivity contribution < 1.29 is 23.9 Å². The molecule has 118 valence electrons. The van der Waals surface area contributed by atoms with Crippen LogP contribution in [0.3, 0.4) is 0 Å². The van der Waals surface area contributed by atoms with Crippen molar-refractivity contribution in [1.82, 2.24) is 10.5 Å². The number of rotatable bonds is 6.